The average molecular weight is 386 g/mol. The van der Waals surface area contributed by atoms with Crippen molar-refractivity contribution in [3.05, 3.63) is 35.4 Å². The van der Waals surface area contributed by atoms with Crippen LogP contribution in [-0.2, 0) is 11.2 Å². The molecule has 3 aliphatic rings. The lowest BCUT2D eigenvalue weighted by Crippen LogP contribution is -2.59. The van der Waals surface area contributed by atoms with Crippen molar-refractivity contribution in [2.45, 2.75) is 50.5 Å². The van der Waals surface area contributed by atoms with Crippen LogP contribution in [0.15, 0.2) is 24.3 Å². The molecule has 2 heterocycles. The largest absolute Gasteiger partial charge is 0.379 e. The quantitative estimate of drug-likeness (QED) is 0.790. The number of carbonyl (C=O) groups is 1. The smallest absolute Gasteiger partial charge is 0.251 e. The minimum atomic E-state index is 0.0737. The molecule has 5 nitrogen and oxygen atoms in total. The van der Waals surface area contributed by atoms with Gasteiger partial charge in [-0.05, 0) is 62.4 Å². The van der Waals surface area contributed by atoms with Crippen molar-refractivity contribution < 1.29 is 9.53 Å². The van der Waals surface area contributed by atoms with Gasteiger partial charge < -0.3 is 15.4 Å². The van der Waals surface area contributed by atoms with E-state index in [-0.39, 0.29) is 11.4 Å². The number of hydrogen-bond donors (Lipinski definition) is 2. The van der Waals surface area contributed by atoms with Crippen LogP contribution in [0.5, 0.6) is 0 Å². The first-order chi connectivity index (χ1) is 13.8. The fourth-order valence-electron chi connectivity index (χ4n) is 5.26. The van der Waals surface area contributed by atoms with Crippen molar-refractivity contribution in [3.8, 4) is 0 Å². The molecule has 1 unspecified atom stereocenters. The van der Waals surface area contributed by atoms with Crippen LogP contribution in [0.2, 0.25) is 0 Å². The first-order valence-corrected chi connectivity index (χ1v) is 11.2. The van der Waals surface area contributed by atoms with Crippen molar-refractivity contribution in [1.29, 1.82) is 0 Å². The van der Waals surface area contributed by atoms with Gasteiger partial charge in [-0.2, -0.15) is 0 Å². The fraction of sp³-hybridized carbons (Fsp3) is 0.696. The Morgan fingerprint density at radius 3 is 2.79 bits per heavy atom. The molecule has 1 aliphatic carbocycles. The summed E-state index contributed by atoms with van der Waals surface area (Å²) >= 11 is 0. The van der Waals surface area contributed by atoms with Gasteiger partial charge in [0.05, 0.1) is 13.2 Å². The summed E-state index contributed by atoms with van der Waals surface area (Å²) in [5, 5.41) is 6.72. The summed E-state index contributed by atoms with van der Waals surface area (Å²) in [5.74, 6) is 0.773. The Kier molecular flexibility index (Phi) is 6.65. The Balaban J connectivity index is 1.39. The third kappa shape index (κ3) is 4.76. The zero-order chi connectivity index (χ0) is 19.2. The molecule has 1 saturated carbocycles. The highest BCUT2D eigenvalue weighted by molar-refractivity contribution is 5.94. The average Bonchev–Trinajstić information content (AvgIpc) is 3.26. The predicted molar refractivity (Wildman–Crippen MR) is 112 cm³/mol. The summed E-state index contributed by atoms with van der Waals surface area (Å²) in [7, 11) is 0. The molecule has 2 saturated heterocycles. The predicted octanol–water partition coefficient (Wildman–Crippen LogP) is 2.60. The van der Waals surface area contributed by atoms with E-state index in [1.54, 1.807) is 0 Å². The van der Waals surface area contributed by atoms with E-state index in [9.17, 15) is 4.79 Å². The Hall–Kier alpha value is -1.43. The van der Waals surface area contributed by atoms with Crippen LogP contribution in [0.25, 0.3) is 0 Å². The van der Waals surface area contributed by atoms with Crippen LogP contribution >= 0.6 is 0 Å². The number of rotatable bonds is 6. The maximum atomic E-state index is 12.9. The fourth-order valence-corrected chi connectivity index (χ4v) is 5.26. The van der Waals surface area contributed by atoms with Crippen LogP contribution in [0, 0.1) is 5.92 Å². The minimum Gasteiger partial charge on any atom is -0.379 e. The summed E-state index contributed by atoms with van der Waals surface area (Å²) in [4.78, 5) is 15.5. The normalized spacial score (nSPS) is 25.5. The van der Waals surface area contributed by atoms with Crippen LogP contribution < -0.4 is 10.6 Å². The molecule has 1 aromatic carbocycles. The number of nitrogens with one attached hydrogen (secondary N) is 2. The number of morpholine rings is 1. The van der Waals surface area contributed by atoms with E-state index in [2.05, 4.69) is 27.7 Å². The summed E-state index contributed by atoms with van der Waals surface area (Å²) in [5.41, 5.74) is 2.20. The van der Waals surface area contributed by atoms with Crippen LogP contribution in [0.4, 0.5) is 0 Å². The lowest BCUT2D eigenvalue weighted by molar-refractivity contribution is -0.0361. The van der Waals surface area contributed by atoms with E-state index >= 15 is 0 Å². The number of carbonyl (C=O) groups excluding carboxylic acids is 1. The highest BCUT2D eigenvalue weighted by Crippen LogP contribution is 2.34. The van der Waals surface area contributed by atoms with Gasteiger partial charge in [-0.25, -0.2) is 0 Å². The highest BCUT2D eigenvalue weighted by Gasteiger charge is 2.38. The van der Waals surface area contributed by atoms with Gasteiger partial charge in [0.15, 0.2) is 0 Å². The van der Waals surface area contributed by atoms with Gasteiger partial charge >= 0.3 is 0 Å². The van der Waals surface area contributed by atoms with Gasteiger partial charge in [-0.1, -0.05) is 31.4 Å². The molecule has 0 bridgehead atoms. The molecule has 2 aliphatic heterocycles. The maximum absolute atomic E-state index is 12.9. The standard InChI is InChI=1S/C23H35N3O2/c27-22(21-6-4-5-19(16-21)15-20-7-10-24-17-20)25-18-23(8-2-1-3-9-23)26-11-13-28-14-12-26/h4-6,16,20,24H,1-3,7-15,17-18H2,(H,25,27). The summed E-state index contributed by atoms with van der Waals surface area (Å²) in [6, 6.07) is 8.24. The van der Waals surface area contributed by atoms with E-state index in [1.807, 2.05) is 12.1 Å². The monoisotopic (exact) mass is 385 g/mol. The Morgan fingerprint density at radius 1 is 1.21 bits per heavy atom. The second-order valence-electron chi connectivity index (χ2n) is 8.83. The molecule has 4 rings (SSSR count). The van der Waals surface area contributed by atoms with Gasteiger partial charge in [-0.15, -0.1) is 0 Å². The zero-order valence-electron chi connectivity index (χ0n) is 17.0. The SMILES string of the molecule is O=C(NCC1(N2CCOCC2)CCCCC1)c1cccc(CC2CCNC2)c1. The molecule has 0 spiro atoms. The zero-order valence-corrected chi connectivity index (χ0v) is 17.0. The first kappa shape index (κ1) is 19.9. The molecule has 1 amide bonds. The lowest BCUT2D eigenvalue weighted by atomic mass is 9.79. The van der Waals surface area contributed by atoms with E-state index in [0.29, 0.717) is 5.92 Å². The molecule has 2 N–H and O–H groups in total. The molecule has 0 radical (unpaired) electrons. The van der Waals surface area contributed by atoms with Crippen LogP contribution in [-0.4, -0.2) is 62.3 Å². The van der Waals surface area contributed by atoms with Crippen molar-refractivity contribution in [2.75, 3.05) is 45.9 Å². The first-order valence-electron chi connectivity index (χ1n) is 11.2. The minimum absolute atomic E-state index is 0.0737. The lowest BCUT2D eigenvalue weighted by Gasteiger charge is -2.48. The molecule has 5 heteroatoms. The number of ether oxygens (including phenoxy) is 1. The summed E-state index contributed by atoms with van der Waals surface area (Å²) < 4.78 is 5.56. The molecule has 28 heavy (non-hydrogen) atoms. The van der Waals surface area contributed by atoms with Crippen LogP contribution in [0.1, 0.15) is 54.4 Å². The van der Waals surface area contributed by atoms with Gasteiger partial charge in [0.1, 0.15) is 0 Å². The van der Waals surface area contributed by atoms with Crippen molar-refractivity contribution in [1.82, 2.24) is 15.5 Å². The molecular weight excluding hydrogens is 350 g/mol. The summed E-state index contributed by atoms with van der Waals surface area (Å²) in [6.45, 7) is 6.57. The van der Waals surface area contributed by atoms with E-state index in [1.165, 1.54) is 44.1 Å². The number of nitrogens with zero attached hydrogens (tertiary/aromatic N) is 1. The Labute approximate surface area is 169 Å². The molecule has 154 valence electrons. The molecule has 1 aromatic rings. The molecule has 3 fully saturated rings. The van der Waals surface area contributed by atoms with Crippen molar-refractivity contribution in [2.24, 2.45) is 5.92 Å². The maximum Gasteiger partial charge on any atom is 0.251 e. The molecule has 0 aromatic heterocycles. The van der Waals surface area contributed by atoms with Crippen molar-refractivity contribution in [3.63, 3.8) is 0 Å². The third-order valence-electron chi connectivity index (χ3n) is 6.92. The topological polar surface area (TPSA) is 53.6 Å². The highest BCUT2D eigenvalue weighted by atomic mass is 16.5. The summed E-state index contributed by atoms with van der Waals surface area (Å²) in [6.07, 6.45) is 8.50. The number of hydrogen-bond acceptors (Lipinski definition) is 4. The Morgan fingerprint density at radius 2 is 2.04 bits per heavy atom. The van der Waals surface area contributed by atoms with E-state index in [0.717, 1.165) is 57.9 Å². The number of benzene rings is 1. The van der Waals surface area contributed by atoms with E-state index in [4.69, 9.17) is 4.74 Å². The van der Waals surface area contributed by atoms with Gasteiger partial charge in [0.25, 0.3) is 5.91 Å². The van der Waals surface area contributed by atoms with Gasteiger partial charge in [0, 0.05) is 30.7 Å². The number of amides is 1. The van der Waals surface area contributed by atoms with Crippen LogP contribution in [0.3, 0.4) is 0 Å². The second-order valence-corrected chi connectivity index (χ2v) is 8.83. The molecule has 1 atom stereocenters. The molecular formula is C23H35N3O2. The second kappa shape index (κ2) is 9.38. The van der Waals surface area contributed by atoms with Gasteiger partial charge in [0.2, 0.25) is 0 Å². The Bertz CT molecular complexity index is 645. The third-order valence-corrected chi connectivity index (χ3v) is 6.92. The van der Waals surface area contributed by atoms with Gasteiger partial charge in [-0.3, -0.25) is 9.69 Å². The van der Waals surface area contributed by atoms with E-state index < -0.39 is 0 Å². The van der Waals surface area contributed by atoms with Crippen molar-refractivity contribution >= 4 is 5.91 Å².